The van der Waals surface area contributed by atoms with Gasteiger partial charge in [-0.25, -0.2) is 9.97 Å². The Morgan fingerprint density at radius 1 is 1.04 bits per heavy atom. The lowest BCUT2D eigenvalue weighted by Gasteiger charge is -2.16. The van der Waals surface area contributed by atoms with Gasteiger partial charge in [0.1, 0.15) is 11.6 Å². The van der Waals surface area contributed by atoms with Crippen LogP contribution in [-0.4, -0.2) is 30.0 Å². The molecule has 1 aromatic carbocycles. The molecule has 3 aromatic rings. The van der Waals surface area contributed by atoms with E-state index in [4.69, 9.17) is 11.6 Å². The van der Waals surface area contributed by atoms with E-state index in [2.05, 4.69) is 20.6 Å². The summed E-state index contributed by atoms with van der Waals surface area (Å²) in [7, 11) is 3.96. The van der Waals surface area contributed by atoms with Crippen molar-refractivity contribution in [2.75, 3.05) is 29.6 Å². The quantitative estimate of drug-likeness (QED) is 0.648. The minimum atomic E-state index is -0.171. The molecule has 6 nitrogen and oxygen atoms in total. The second-order valence-electron chi connectivity index (χ2n) is 6.66. The molecule has 7 heteroatoms. The summed E-state index contributed by atoms with van der Waals surface area (Å²) < 4.78 is 0. The number of halogens is 1. The highest BCUT2D eigenvalue weighted by atomic mass is 35.5. The van der Waals surface area contributed by atoms with E-state index < -0.39 is 0 Å². The van der Waals surface area contributed by atoms with E-state index in [0.29, 0.717) is 33.6 Å². The molecule has 2 heterocycles. The van der Waals surface area contributed by atoms with Gasteiger partial charge in [-0.2, -0.15) is 0 Å². The third-order valence-electron chi connectivity index (χ3n) is 4.25. The van der Waals surface area contributed by atoms with Crippen molar-refractivity contribution in [1.82, 2.24) is 9.97 Å². The maximum absolute atomic E-state index is 12.6. The first-order valence-electron chi connectivity index (χ1n) is 8.79. The molecule has 0 radical (unpaired) electrons. The highest BCUT2D eigenvalue weighted by Gasteiger charge is 2.11. The Morgan fingerprint density at radius 3 is 2.46 bits per heavy atom. The van der Waals surface area contributed by atoms with Gasteiger partial charge < -0.3 is 15.5 Å². The molecule has 2 aromatic heterocycles. The van der Waals surface area contributed by atoms with Crippen LogP contribution in [0.15, 0.2) is 48.7 Å². The van der Waals surface area contributed by atoms with Crippen molar-refractivity contribution in [1.29, 1.82) is 0 Å². The van der Waals surface area contributed by atoms with Crippen LogP contribution in [0.1, 0.15) is 21.6 Å². The molecule has 0 atom stereocenters. The Bertz CT molecular complexity index is 1020. The van der Waals surface area contributed by atoms with Crippen molar-refractivity contribution >= 4 is 40.5 Å². The van der Waals surface area contributed by atoms with E-state index >= 15 is 0 Å². The van der Waals surface area contributed by atoms with E-state index in [1.807, 2.05) is 57.1 Å². The Balaban J connectivity index is 1.74. The minimum Gasteiger partial charge on any atom is -0.377 e. The second-order valence-corrected chi connectivity index (χ2v) is 7.10. The molecule has 0 bridgehead atoms. The van der Waals surface area contributed by atoms with Crippen molar-refractivity contribution in [3.63, 3.8) is 0 Å². The molecule has 0 unspecified atom stereocenters. The molecule has 3 rings (SSSR count). The third kappa shape index (κ3) is 4.58. The fraction of sp³-hybridized carbons (Fsp3) is 0.190. The smallest absolute Gasteiger partial charge is 0.255 e. The van der Waals surface area contributed by atoms with Crippen molar-refractivity contribution in [3.8, 4) is 0 Å². The summed E-state index contributed by atoms with van der Waals surface area (Å²) >= 11 is 5.97. The molecular weight excluding hydrogens is 374 g/mol. The molecule has 0 aliphatic carbocycles. The van der Waals surface area contributed by atoms with Crippen LogP contribution in [0.5, 0.6) is 0 Å². The van der Waals surface area contributed by atoms with E-state index in [0.717, 1.165) is 11.3 Å². The minimum absolute atomic E-state index is 0.171. The fourth-order valence-corrected chi connectivity index (χ4v) is 3.02. The number of nitrogens with zero attached hydrogens (tertiary/aromatic N) is 3. The summed E-state index contributed by atoms with van der Waals surface area (Å²) in [6, 6.07) is 12.7. The predicted octanol–water partition coefficient (Wildman–Crippen LogP) is 4.81. The van der Waals surface area contributed by atoms with Crippen LogP contribution < -0.4 is 15.5 Å². The number of rotatable bonds is 5. The van der Waals surface area contributed by atoms with Crippen LogP contribution >= 0.6 is 11.6 Å². The van der Waals surface area contributed by atoms with E-state index in [1.54, 1.807) is 24.4 Å². The number of carbonyl (C=O) groups excluding carboxylic acids is 1. The number of pyridine rings is 2. The molecule has 0 fully saturated rings. The van der Waals surface area contributed by atoms with Gasteiger partial charge in [-0.05, 0) is 61.9 Å². The average Bonchev–Trinajstić information content (AvgIpc) is 2.63. The molecular formula is C21H22ClN5O. The Morgan fingerprint density at radius 2 is 1.82 bits per heavy atom. The molecule has 0 aliphatic heterocycles. The first-order valence-corrected chi connectivity index (χ1v) is 9.17. The number of benzene rings is 1. The zero-order valence-electron chi connectivity index (χ0n) is 16.2. The molecule has 2 N–H and O–H groups in total. The van der Waals surface area contributed by atoms with Gasteiger partial charge in [0.25, 0.3) is 5.91 Å². The zero-order valence-corrected chi connectivity index (χ0v) is 17.0. The van der Waals surface area contributed by atoms with Crippen molar-refractivity contribution < 1.29 is 4.79 Å². The molecule has 144 valence electrons. The normalized spacial score (nSPS) is 10.5. The van der Waals surface area contributed by atoms with Crippen LogP contribution in [0.3, 0.4) is 0 Å². The van der Waals surface area contributed by atoms with Crippen LogP contribution in [-0.2, 0) is 0 Å². The summed E-state index contributed by atoms with van der Waals surface area (Å²) in [5.41, 5.74) is 4.08. The zero-order chi connectivity index (χ0) is 20.3. The maximum Gasteiger partial charge on any atom is 0.255 e. The summed E-state index contributed by atoms with van der Waals surface area (Å²) in [5.74, 6) is 1.06. The van der Waals surface area contributed by atoms with Gasteiger partial charge in [0.15, 0.2) is 0 Å². The summed E-state index contributed by atoms with van der Waals surface area (Å²) in [6.45, 7) is 3.83. The average molecular weight is 396 g/mol. The Kier molecular flexibility index (Phi) is 5.80. The first-order chi connectivity index (χ1) is 13.3. The number of aromatic nitrogens is 2. The topological polar surface area (TPSA) is 70.1 Å². The standard InChI is InChI=1S/C21H22ClN5O/c1-13-11-15(5-7-18(13)27(3)4)21(28)25-17-6-8-19(24-14(17)2)26-20-12-16(22)9-10-23-20/h5-12H,1-4H3,(H,25,28)(H,23,24,26). The van der Waals surface area contributed by atoms with Crippen molar-refractivity contribution in [2.24, 2.45) is 0 Å². The van der Waals surface area contributed by atoms with Crippen molar-refractivity contribution in [3.05, 3.63) is 70.5 Å². The number of hydrogen-bond acceptors (Lipinski definition) is 5. The number of amides is 1. The molecule has 0 aliphatic rings. The lowest BCUT2D eigenvalue weighted by molar-refractivity contribution is 0.102. The first kappa shape index (κ1) is 19.6. The van der Waals surface area contributed by atoms with Crippen LogP contribution in [0.2, 0.25) is 5.02 Å². The molecule has 1 amide bonds. The highest BCUT2D eigenvalue weighted by Crippen LogP contribution is 2.22. The van der Waals surface area contributed by atoms with Gasteiger partial charge in [0.05, 0.1) is 11.4 Å². The summed E-state index contributed by atoms with van der Waals surface area (Å²) in [6.07, 6.45) is 1.62. The summed E-state index contributed by atoms with van der Waals surface area (Å²) in [5, 5.41) is 6.61. The number of aryl methyl sites for hydroxylation is 2. The molecule has 0 spiro atoms. The van der Waals surface area contributed by atoms with Gasteiger partial charge in [-0.15, -0.1) is 0 Å². The van der Waals surface area contributed by atoms with Crippen molar-refractivity contribution in [2.45, 2.75) is 13.8 Å². The van der Waals surface area contributed by atoms with E-state index in [-0.39, 0.29) is 5.91 Å². The van der Waals surface area contributed by atoms with E-state index in [1.165, 1.54) is 0 Å². The number of nitrogens with one attached hydrogen (secondary N) is 2. The maximum atomic E-state index is 12.6. The summed E-state index contributed by atoms with van der Waals surface area (Å²) in [4.78, 5) is 23.3. The van der Waals surface area contributed by atoms with Gasteiger partial charge >= 0.3 is 0 Å². The van der Waals surface area contributed by atoms with Gasteiger partial charge in [-0.3, -0.25) is 4.79 Å². The largest absolute Gasteiger partial charge is 0.377 e. The lowest BCUT2D eigenvalue weighted by atomic mass is 10.1. The van der Waals surface area contributed by atoms with Crippen LogP contribution in [0.4, 0.5) is 23.0 Å². The molecule has 0 saturated carbocycles. The monoisotopic (exact) mass is 395 g/mol. The van der Waals surface area contributed by atoms with E-state index in [9.17, 15) is 4.79 Å². The number of anilines is 4. The fourth-order valence-electron chi connectivity index (χ4n) is 2.86. The SMILES string of the molecule is Cc1cc(C(=O)Nc2ccc(Nc3cc(Cl)ccn3)nc2C)ccc1N(C)C. The second kappa shape index (κ2) is 8.27. The lowest BCUT2D eigenvalue weighted by Crippen LogP contribution is -2.15. The highest BCUT2D eigenvalue weighted by molar-refractivity contribution is 6.30. The predicted molar refractivity (Wildman–Crippen MR) is 115 cm³/mol. The van der Waals surface area contributed by atoms with Gasteiger partial charge in [0.2, 0.25) is 0 Å². The van der Waals surface area contributed by atoms with Gasteiger partial charge in [0, 0.05) is 36.6 Å². The third-order valence-corrected chi connectivity index (χ3v) is 4.49. The molecule has 28 heavy (non-hydrogen) atoms. The molecule has 0 saturated heterocycles. The van der Waals surface area contributed by atoms with Gasteiger partial charge in [-0.1, -0.05) is 11.6 Å². The number of carbonyl (C=O) groups is 1. The van der Waals surface area contributed by atoms with Crippen LogP contribution in [0, 0.1) is 13.8 Å². The number of hydrogen-bond donors (Lipinski definition) is 2. The van der Waals surface area contributed by atoms with Crippen LogP contribution in [0.25, 0.3) is 0 Å². The Hall–Kier alpha value is -3.12. The Labute approximate surface area is 169 Å².